The number of Topliss-reactive ketones (excluding diaryl/α,β-unsaturated/α-hetero) is 1. The lowest BCUT2D eigenvalue weighted by molar-refractivity contribution is 0.0742. The van der Waals surface area contributed by atoms with Crippen molar-refractivity contribution < 1.29 is 9.53 Å². The molecule has 1 aromatic rings. The molecule has 2 nitrogen and oxygen atoms in total. The standard InChI is InChI=1S/C17H18O2/c1-2-10-19-15-9-5-7-13-11-12-6-3-4-8-14(12)17(18)16(13)15/h2-4,6,8,15H,1,5,7,9-11H2. The van der Waals surface area contributed by atoms with Crippen molar-refractivity contribution in [2.24, 2.45) is 0 Å². The van der Waals surface area contributed by atoms with Crippen LogP contribution in [0.2, 0.25) is 0 Å². The Balaban J connectivity index is 1.97. The van der Waals surface area contributed by atoms with Gasteiger partial charge in [-0.25, -0.2) is 0 Å². The van der Waals surface area contributed by atoms with Crippen LogP contribution in [0, 0.1) is 0 Å². The maximum absolute atomic E-state index is 12.7. The number of benzene rings is 1. The first-order valence-corrected chi connectivity index (χ1v) is 6.88. The van der Waals surface area contributed by atoms with Gasteiger partial charge in [0.25, 0.3) is 0 Å². The molecule has 0 fully saturated rings. The molecule has 0 bridgehead atoms. The molecule has 0 amide bonds. The summed E-state index contributed by atoms with van der Waals surface area (Å²) < 4.78 is 5.79. The Morgan fingerprint density at radius 3 is 3.05 bits per heavy atom. The maximum Gasteiger partial charge on any atom is 0.191 e. The minimum Gasteiger partial charge on any atom is -0.369 e. The molecule has 2 aliphatic rings. The zero-order valence-electron chi connectivity index (χ0n) is 11.0. The topological polar surface area (TPSA) is 26.3 Å². The average molecular weight is 254 g/mol. The van der Waals surface area contributed by atoms with Crippen LogP contribution in [0.5, 0.6) is 0 Å². The van der Waals surface area contributed by atoms with Gasteiger partial charge in [-0.2, -0.15) is 0 Å². The SMILES string of the molecule is C=CCOC1CCCC2=C1C(=O)c1ccccc1C2. The number of carbonyl (C=O) groups excluding carboxylic acids is 1. The summed E-state index contributed by atoms with van der Waals surface area (Å²) in [5.41, 5.74) is 4.22. The quantitative estimate of drug-likeness (QED) is 0.772. The van der Waals surface area contributed by atoms with Crippen LogP contribution in [0.25, 0.3) is 0 Å². The van der Waals surface area contributed by atoms with Gasteiger partial charge in [0.1, 0.15) is 0 Å². The predicted molar refractivity (Wildman–Crippen MR) is 75.3 cm³/mol. The Bertz CT molecular complexity index is 554. The number of carbonyl (C=O) groups is 1. The molecule has 0 heterocycles. The number of ketones is 1. The lowest BCUT2D eigenvalue weighted by Crippen LogP contribution is -2.30. The molecule has 2 aliphatic carbocycles. The van der Waals surface area contributed by atoms with Crippen LogP contribution in [0.15, 0.2) is 48.1 Å². The van der Waals surface area contributed by atoms with E-state index in [0.717, 1.165) is 42.4 Å². The number of hydrogen-bond acceptors (Lipinski definition) is 2. The number of hydrogen-bond donors (Lipinski definition) is 0. The molecular formula is C17H18O2. The second-order valence-electron chi connectivity index (χ2n) is 5.18. The fraction of sp³-hybridized carbons (Fsp3) is 0.353. The van der Waals surface area contributed by atoms with Gasteiger partial charge in [-0.3, -0.25) is 4.79 Å². The molecule has 0 spiro atoms. The number of fused-ring (bicyclic) bond motifs is 1. The zero-order chi connectivity index (χ0) is 13.2. The largest absolute Gasteiger partial charge is 0.369 e. The highest BCUT2D eigenvalue weighted by Crippen LogP contribution is 2.36. The zero-order valence-corrected chi connectivity index (χ0v) is 11.0. The fourth-order valence-electron chi connectivity index (χ4n) is 3.12. The molecule has 1 atom stereocenters. The van der Waals surface area contributed by atoms with Crippen molar-refractivity contribution in [2.75, 3.05) is 6.61 Å². The summed E-state index contributed by atoms with van der Waals surface area (Å²) >= 11 is 0. The highest BCUT2D eigenvalue weighted by Gasteiger charge is 2.33. The second kappa shape index (κ2) is 5.14. The molecule has 3 rings (SSSR count). The van der Waals surface area contributed by atoms with E-state index in [2.05, 4.69) is 12.6 Å². The van der Waals surface area contributed by atoms with Crippen LogP contribution < -0.4 is 0 Å². The van der Waals surface area contributed by atoms with E-state index in [0.29, 0.717) is 6.61 Å². The van der Waals surface area contributed by atoms with Crippen molar-refractivity contribution in [3.05, 3.63) is 59.2 Å². The molecule has 1 aromatic carbocycles. The third-order valence-corrected chi connectivity index (χ3v) is 3.97. The molecule has 0 radical (unpaired) electrons. The fourth-order valence-corrected chi connectivity index (χ4v) is 3.12. The van der Waals surface area contributed by atoms with E-state index in [-0.39, 0.29) is 11.9 Å². The van der Waals surface area contributed by atoms with E-state index in [4.69, 9.17) is 4.74 Å². The second-order valence-corrected chi connectivity index (χ2v) is 5.18. The smallest absolute Gasteiger partial charge is 0.191 e. The summed E-state index contributed by atoms with van der Waals surface area (Å²) in [7, 11) is 0. The molecular weight excluding hydrogens is 236 g/mol. The first kappa shape index (κ1) is 12.4. The highest BCUT2D eigenvalue weighted by molar-refractivity contribution is 6.12. The van der Waals surface area contributed by atoms with Crippen LogP contribution in [0.1, 0.15) is 35.2 Å². The van der Waals surface area contributed by atoms with Crippen molar-refractivity contribution in [1.82, 2.24) is 0 Å². The van der Waals surface area contributed by atoms with E-state index in [1.807, 2.05) is 18.2 Å². The Morgan fingerprint density at radius 1 is 1.37 bits per heavy atom. The van der Waals surface area contributed by atoms with Crippen molar-refractivity contribution in [3.8, 4) is 0 Å². The van der Waals surface area contributed by atoms with E-state index in [1.54, 1.807) is 6.08 Å². The maximum atomic E-state index is 12.7. The third kappa shape index (κ3) is 2.17. The molecule has 0 N–H and O–H groups in total. The van der Waals surface area contributed by atoms with E-state index < -0.39 is 0 Å². The van der Waals surface area contributed by atoms with Crippen molar-refractivity contribution >= 4 is 5.78 Å². The lowest BCUT2D eigenvalue weighted by Gasteiger charge is -2.31. The monoisotopic (exact) mass is 254 g/mol. The van der Waals surface area contributed by atoms with Gasteiger partial charge in [0.05, 0.1) is 12.7 Å². The Hall–Kier alpha value is -1.67. The summed E-state index contributed by atoms with van der Waals surface area (Å²) in [6.07, 6.45) is 5.70. The highest BCUT2D eigenvalue weighted by atomic mass is 16.5. The molecule has 1 unspecified atom stereocenters. The number of rotatable bonds is 3. The van der Waals surface area contributed by atoms with Gasteiger partial charge in [0, 0.05) is 11.1 Å². The summed E-state index contributed by atoms with van der Waals surface area (Å²) in [5.74, 6) is 0.172. The van der Waals surface area contributed by atoms with Gasteiger partial charge in [0.15, 0.2) is 5.78 Å². The van der Waals surface area contributed by atoms with Crippen LogP contribution in [-0.2, 0) is 11.2 Å². The summed E-state index contributed by atoms with van der Waals surface area (Å²) in [6.45, 7) is 4.19. The Kier molecular flexibility index (Phi) is 3.34. The normalized spacial score (nSPS) is 21.9. The molecule has 0 aliphatic heterocycles. The minimum atomic E-state index is -0.0393. The molecule has 98 valence electrons. The van der Waals surface area contributed by atoms with Gasteiger partial charge >= 0.3 is 0 Å². The van der Waals surface area contributed by atoms with Gasteiger partial charge < -0.3 is 4.74 Å². The Morgan fingerprint density at radius 2 is 2.21 bits per heavy atom. The van der Waals surface area contributed by atoms with Crippen molar-refractivity contribution in [2.45, 2.75) is 31.8 Å². The van der Waals surface area contributed by atoms with Crippen LogP contribution in [0.4, 0.5) is 0 Å². The lowest BCUT2D eigenvalue weighted by atomic mass is 9.77. The summed E-state index contributed by atoms with van der Waals surface area (Å²) in [5, 5.41) is 0. The van der Waals surface area contributed by atoms with Gasteiger partial charge in [-0.15, -0.1) is 6.58 Å². The average Bonchev–Trinajstić information content (AvgIpc) is 2.45. The van der Waals surface area contributed by atoms with Crippen LogP contribution in [0.3, 0.4) is 0 Å². The first-order chi connectivity index (χ1) is 9.31. The summed E-state index contributed by atoms with van der Waals surface area (Å²) in [6, 6.07) is 7.93. The Labute approximate surface area is 113 Å². The first-order valence-electron chi connectivity index (χ1n) is 6.88. The van der Waals surface area contributed by atoms with Crippen LogP contribution >= 0.6 is 0 Å². The molecule has 2 heteroatoms. The predicted octanol–water partition coefficient (Wildman–Crippen LogP) is 3.48. The van der Waals surface area contributed by atoms with E-state index in [9.17, 15) is 4.79 Å². The molecule has 19 heavy (non-hydrogen) atoms. The molecule has 0 saturated carbocycles. The van der Waals surface area contributed by atoms with Crippen molar-refractivity contribution in [3.63, 3.8) is 0 Å². The molecule has 0 saturated heterocycles. The summed E-state index contributed by atoms with van der Waals surface area (Å²) in [4.78, 5) is 12.7. The third-order valence-electron chi connectivity index (χ3n) is 3.97. The van der Waals surface area contributed by atoms with Gasteiger partial charge in [-0.1, -0.05) is 35.9 Å². The van der Waals surface area contributed by atoms with Crippen LogP contribution in [-0.4, -0.2) is 18.5 Å². The minimum absolute atomic E-state index is 0.0393. The van der Waals surface area contributed by atoms with E-state index in [1.165, 1.54) is 5.57 Å². The van der Waals surface area contributed by atoms with E-state index >= 15 is 0 Å². The number of ether oxygens (including phenoxy) is 1. The number of allylic oxidation sites excluding steroid dienone is 1. The van der Waals surface area contributed by atoms with Gasteiger partial charge in [0.2, 0.25) is 0 Å². The van der Waals surface area contributed by atoms with Gasteiger partial charge in [-0.05, 0) is 31.2 Å². The van der Waals surface area contributed by atoms with Crippen molar-refractivity contribution in [1.29, 1.82) is 0 Å². The molecule has 0 aromatic heterocycles.